The number of tetrazole rings is 1. The van der Waals surface area contributed by atoms with Crippen LogP contribution in [-0.2, 0) is 6.54 Å². The zero-order valence-electron chi connectivity index (χ0n) is 9.53. The topological polar surface area (TPSA) is 110 Å². The molecule has 0 spiro atoms. The van der Waals surface area contributed by atoms with E-state index in [1.165, 1.54) is 11.3 Å². The van der Waals surface area contributed by atoms with Crippen LogP contribution in [0.5, 0.6) is 0 Å². The van der Waals surface area contributed by atoms with Crippen LogP contribution in [0.15, 0.2) is 28.2 Å². The lowest BCUT2D eigenvalue weighted by Gasteiger charge is -1.97. The summed E-state index contributed by atoms with van der Waals surface area (Å²) in [6, 6.07) is 3.56. The van der Waals surface area contributed by atoms with E-state index >= 15 is 0 Å². The largest absolute Gasteiger partial charge is 0.462 e. The van der Waals surface area contributed by atoms with Gasteiger partial charge in [0, 0.05) is 5.38 Å². The normalized spacial score (nSPS) is 10.5. The quantitative estimate of drug-likeness (QED) is 0.731. The highest BCUT2D eigenvalue weighted by atomic mass is 32.1. The molecule has 3 aromatic heterocycles. The molecule has 0 aliphatic rings. The molecule has 3 heterocycles. The van der Waals surface area contributed by atoms with Gasteiger partial charge in [0.15, 0.2) is 16.6 Å². The monoisotopic (exact) mass is 276 g/mol. The van der Waals surface area contributed by atoms with Crippen molar-refractivity contribution in [3.8, 4) is 10.8 Å². The van der Waals surface area contributed by atoms with Gasteiger partial charge in [0.05, 0.1) is 12.8 Å². The molecule has 2 N–H and O–H groups in total. The summed E-state index contributed by atoms with van der Waals surface area (Å²) in [4.78, 5) is 16.0. The molecule has 0 radical (unpaired) electrons. The van der Waals surface area contributed by atoms with E-state index in [9.17, 15) is 4.79 Å². The zero-order valence-corrected chi connectivity index (χ0v) is 10.3. The molecule has 0 saturated carbocycles. The van der Waals surface area contributed by atoms with Crippen molar-refractivity contribution in [3.05, 3.63) is 35.3 Å². The van der Waals surface area contributed by atoms with Crippen LogP contribution in [0, 0.1) is 0 Å². The summed E-state index contributed by atoms with van der Waals surface area (Å²) in [6.45, 7) is 0.197. The van der Waals surface area contributed by atoms with E-state index in [0.29, 0.717) is 22.3 Å². The second-order valence-corrected chi connectivity index (χ2v) is 4.38. The van der Waals surface area contributed by atoms with E-state index in [1.54, 1.807) is 23.8 Å². The summed E-state index contributed by atoms with van der Waals surface area (Å²) in [5, 5.41) is 18.2. The van der Waals surface area contributed by atoms with Gasteiger partial charge in [-0.2, -0.15) is 5.21 Å². The number of H-pyrrole nitrogens is 1. The van der Waals surface area contributed by atoms with E-state index in [0.717, 1.165) is 0 Å². The van der Waals surface area contributed by atoms with E-state index in [4.69, 9.17) is 4.42 Å². The highest BCUT2D eigenvalue weighted by Crippen LogP contribution is 2.23. The fourth-order valence-electron chi connectivity index (χ4n) is 1.40. The van der Waals surface area contributed by atoms with Gasteiger partial charge in [-0.15, -0.1) is 21.5 Å². The van der Waals surface area contributed by atoms with Gasteiger partial charge >= 0.3 is 0 Å². The van der Waals surface area contributed by atoms with Crippen LogP contribution < -0.4 is 5.32 Å². The van der Waals surface area contributed by atoms with E-state index < -0.39 is 0 Å². The number of carbonyl (C=O) groups excluding carboxylic acids is 1. The van der Waals surface area contributed by atoms with E-state index in [-0.39, 0.29) is 12.5 Å². The summed E-state index contributed by atoms with van der Waals surface area (Å²) < 4.78 is 5.22. The number of hydrogen-bond donors (Lipinski definition) is 2. The Morgan fingerprint density at radius 3 is 3.21 bits per heavy atom. The van der Waals surface area contributed by atoms with Crippen molar-refractivity contribution in [1.82, 2.24) is 30.9 Å². The molecule has 3 aromatic rings. The number of nitrogens with one attached hydrogen (secondary N) is 2. The third-order valence-corrected chi connectivity index (χ3v) is 3.12. The summed E-state index contributed by atoms with van der Waals surface area (Å²) in [6.07, 6.45) is 1.56. The Balaban J connectivity index is 1.67. The van der Waals surface area contributed by atoms with Gasteiger partial charge in [-0.25, -0.2) is 4.98 Å². The van der Waals surface area contributed by atoms with Crippen molar-refractivity contribution in [1.29, 1.82) is 0 Å². The predicted molar refractivity (Wildman–Crippen MR) is 65.2 cm³/mol. The Morgan fingerprint density at radius 1 is 1.53 bits per heavy atom. The second kappa shape index (κ2) is 4.98. The lowest BCUT2D eigenvalue weighted by Crippen LogP contribution is -2.23. The fourth-order valence-corrected chi connectivity index (χ4v) is 2.17. The fraction of sp³-hybridized carbons (Fsp3) is 0.100. The predicted octanol–water partition coefficient (Wildman–Crippen LogP) is 0.846. The highest BCUT2D eigenvalue weighted by molar-refractivity contribution is 7.13. The van der Waals surface area contributed by atoms with Crippen molar-refractivity contribution >= 4 is 17.2 Å². The summed E-state index contributed by atoms with van der Waals surface area (Å²) in [5.74, 6) is 0.760. The summed E-state index contributed by atoms with van der Waals surface area (Å²) >= 11 is 1.34. The van der Waals surface area contributed by atoms with Gasteiger partial charge in [-0.1, -0.05) is 5.21 Å². The van der Waals surface area contributed by atoms with Crippen LogP contribution in [0.1, 0.15) is 16.3 Å². The molecule has 19 heavy (non-hydrogen) atoms. The van der Waals surface area contributed by atoms with Crippen molar-refractivity contribution in [2.75, 3.05) is 0 Å². The lowest BCUT2D eigenvalue weighted by atomic mass is 10.4. The van der Waals surface area contributed by atoms with Crippen LogP contribution in [0.25, 0.3) is 10.8 Å². The Morgan fingerprint density at radius 2 is 2.47 bits per heavy atom. The first-order chi connectivity index (χ1) is 9.33. The first-order valence-electron chi connectivity index (χ1n) is 5.33. The molecule has 0 unspecified atom stereocenters. The molecule has 8 nitrogen and oxygen atoms in total. The molecule has 0 bridgehead atoms. The highest BCUT2D eigenvalue weighted by Gasteiger charge is 2.13. The molecule has 9 heteroatoms. The molecule has 0 aliphatic carbocycles. The van der Waals surface area contributed by atoms with Gasteiger partial charge in [-0.3, -0.25) is 4.79 Å². The Hall–Kier alpha value is -2.55. The Bertz CT molecular complexity index is 660. The maximum absolute atomic E-state index is 11.8. The van der Waals surface area contributed by atoms with Gasteiger partial charge in [0.25, 0.3) is 5.91 Å². The first-order valence-corrected chi connectivity index (χ1v) is 6.21. The molecule has 0 atom stereocenters. The SMILES string of the molecule is O=C(NCc1nn[nH]n1)c1csc(-c2ccco2)n1. The number of thiazole rings is 1. The average Bonchev–Trinajstić information content (AvgIpc) is 3.14. The Labute approximate surface area is 110 Å². The minimum atomic E-state index is -0.293. The number of aromatic nitrogens is 5. The van der Waals surface area contributed by atoms with Crippen LogP contribution in [0.3, 0.4) is 0 Å². The number of hydrogen-bond acceptors (Lipinski definition) is 7. The molecule has 0 saturated heterocycles. The number of carbonyl (C=O) groups is 1. The molecule has 0 aromatic carbocycles. The van der Waals surface area contributed by atoms with Crippen molar-refractivity contribution in [3.63, 3.8) is 0 Å². The second-order valence-electron chi connectivity index (χ2n) is 3.53. The smallest absolute Gasteiger partial charge is 0.271 e. The van der Waals surface area contributed by atoms with Gasteiger partial charge in [0.2, 0.25) is 0 Å². The van der Waals surface area contributed by atoms with Gasteiger partial charge in [0.1, 0.15) is 5.69 Å². The van der Waals surface area contributed by atoms with Crippen molar-refractivity contribution in [2.24, 2.45) is 0 Å². The van der Waals surface area contributed by atoms with Gasteiger partial charge in [-0.05, 0) is 12.1 Å². The van der Waals surface area contributed by atoms with Crippen molar-refractivity contribution in [2.45, 2.75) is 6.54 Å². The maximum Gasteiger partial charge on any atom is 0.271 e. The standard InChI is InChI=1S/C10H8N6O2S/c17-9(11-4-8-13-15-16-14-8)6-5-19-10(12-6)7-2-1-3-18-7/h1-3,5H,4H2,(H,11,17)(H,13,14,15,16). The van der Waals surface area contributed by atoms with Crippen LogP contribution in [-0.4, -0.2) is 31.5 Å². The Kier molecular flexibility index (Phi) is 3.02. The number of furan rings is 1. The minimum Gasteiger partial charge on any atom is -0.462 e. The number of nitrogens with zero attached hydrogens (tertiary/aromatic N) is 4. The van der Waals surface area contributed by atoms with Crippen LogP contribution >= 0.6 is 11.3 Å². The van der Waals surface area contributed by atoms with Crippen LogP contribution in [0.4, 0.5) is 0 Å². The molecule has 3 rings (SSSR count). The molecule has 96 valence electrons. The molecular formula is C10H8N6O2S. The lowest BCUT2D eigenvalue weighted by molar-refractivity contribution is 0.0945. The third kappa shape index (κ3) is 2.50. The first kappa shape index (κ1) is 11.5. The van der Waals surface area contributed by atoms with E-state index in [2.05, 4.69) is 30.9 Å². The molecule has 0 fully saturated rings. The molecule has 1 amide bonds. The molecule has 0 aliphatic heterocycles. The number of rotatable bonds is 4. The molecular weight excluding hydrogens is 268 g/mol. The minimum absolute atomic E-state index is 0.197. The van der Waals surface area contributed by atoms with Crippen LogP contribution in [0.2, 0.25) is 0 Å². The van der Waals surface area contributed by atoms with Crippen molar-refractivity contribution < 1.29 is 9.21 Å². The summed E-state index contributed by atoms with van der Waals surface area (Å²) in [5.41, 5.74) is 0.333. The zero-order chi connectivity index (χ0) is 13.1. The number of aromatic amines is 1. The van der Waals surface area contributed by atoms with E-state index in [1.807, 2.05) is 0 Å². The third-order valence-electron chi connectivity index (χ3n) is 2.27. The average molecular weight is 276 g/mol. The summed E-state index contributed by atoms with van der Waals surface area (Å²) in [7, 11) is 0. The van der Waals surface area contributed by atoms with Gasteiger partial charge < -0.3 is 9.73 Å². The maximum atomic E-state index is 11.8. The number of amides is 1.